The Morgan fingerprint density at radius 2 is 2.47 bits per heavy atom. The van der Waals surface area contributed by atoms with E-state index in [1.807, 2.05) is 30.3 Å². The van der Waals surface area contributed by atoms with Crippen LogP contribution in [0.15, 0.2) is 24.3 Å². The van der Waals surface area contributed by atoms with Crippen LogP contribution in [0.5, 0.6) is 5.75 Å². The number of nitrogens with one attached hydrogen (secondary N) is 1. The van der Waals surface area contributed by atoms with E-state index in [1.165, 1.54) is 0 Å². The Hall–Kier alpha value is -2.02. The summed E-state index contributed by atoms with van der Waals surface area (Å²) in [5.41, 5.74) is 0.954. The Kier molecular flexibility index (Phi) is 4.17. The molecule has 1 amide bonds. The Bertz CT molecular complexity index is 371. The number of carbonyl (C=O) groups excluding carboxylic acids is 1. The topological polar surface area (TPSA) is 62.1 Å². The molecule has 0 aliphatic carbocycles. The third-order valence-corrected chi connectivity index (χ3v) is 2.00. The second-order valence-corrected chi connectivity index (χ2v) is 3.02. The van der Waals surface area contributed by atoms with Gasteiger partial charge in [0.1, 0.15) is 11.8 Å². The van der Waals surface area contributed by atoms with E-state index < -0.39 is 6.04 Å². The van der Waals surface area contributed by atoms with Crippen LogP contribution in [0.4, 0.5) is 0 Å². The van der Waals surface area contributed by atoms with Crippen molar-refractivity contribution in [3.8, 4) is 11.8 Å². The zero-order valence-corrected chi connectivity index (χ0v) is 8.43. The molecule has 4 nitrogen and oxygen atoms in total. The van der Waals surface area contributed by atoms with Crippen LogP contribution in [-0.2, 0) is 11.2 Å². The highest BCUT2D eigenvalue weighted by Gasteiger charge is 2.06. The molecule has 1 unspecified atom stereocenters. The SMILES string of the molecule is COc1cccc(CC(C#N)NC=O)c1. The molecule has 0 aliphatic heterocycles. The summed E-state index contributed by atoms with van der Waals surface area (Å²) in [5.74, 6) is 0.746. The highest BCUT2D eigenvalue weighted by atomic mass is 16.5. The zero-order valence-electron chi connectivity index (χ0n) is 8.43. The van der Waals surface area contributed by atoms with E-state index >= 15 is 0 Å². The summed E-state index contributed by atoms with van der Waals surface area (Å²) >= 11 is 0. The van der Waals surface area contributed by atoms with E-state index in [0.29, 0.717) is 12.8 Å². The first-order valence-corrected chi connectivity index (χ1v) is 4.52. The Morgan fingerprint density at radius 3 is 3.07 bits per heavy atom. The fourth-order valence-corrected chi connectivity index (χ4v) is 1.26. The van der Waals surface area contributed by atoms with Crippen LogP contribution in [0.2, 0.25) is 0 Å². The molecule has 0 aromatic heterocycles. The van der Waals surface area contributed by atoms with Gasteiger partial charge in [0.25, 0.3) is 0 Å². The minimum Gasteiger partial charge on any atom is -0.497 e. The largest absolute Gasteiger partial charge is 0.497 e. The smallest absolute Gasteiger partial charge is 0.208 e. The van der Waals surface area contributed by atoms with Gasteiger partial charge in [-0.25, -0.2) is 0 Å². The summed E-state index contributed by atoms with van der Waals surface area (Å²) in [5, 5.41) is 11.2. The summed E-state index contributed by atoms with van der Waals surface area (Å²) < 4.78 is 5.06. The lowest BCUT2D eigenvalue weighted by Gasteiger charge is -2.08. The molecule has 1 aromatic carbocycles. The van der Waals surface area contributed by atoms with Gasteiger partial charge in [0.05, 0.1) is 13.2 Å². The van der Waals surface area contributed by atoms with Crippen LogP contribution >= 0.6 is 0 Å². The first kappa shape index (κ1) is 11.1. The predicted molar refractivity (Wildman–Crippen MR) is 55.3 cm³/mol. The van der Waals surface area contributed by atoms with Crippen LogP contribution < -0.4 is 10.1 Å². The standard InChI is InChI=1S/C11H12N2O2/c1-15-11-4-2-3-9(6-11)5-10(7-12)13-8-14/h2-4,6,8,10H,5H2,1H3,(H,13,14). The molecule has 4 heteroatoms. The molecule has 0 spiro atoms. The third kappa shape index (κ3) is 3.31. The number of benzene rings is 1. The molecule has 1 rings (SSSR count). The van der Waals surface area contributed by atoms with Gasteiger partial charge in [-0.15, -0.1) is 0 Å². The van der Waals surface area contributed by atoms with Crippen LogP contribution in [0.3, 0.4) is 0 Å². The number of nitriles is 1. The molecule has 1 aromatic rings. The molecule has 15 heavy (non-hydrogen) atoms. The lowest BCUT2D eigenvalue weighted by Crippen LogP contribution is -2.28. The monoisotopic (exact) mass is 204 g/mol. The van der Waals surface area contributed by atoms with Crippen molar-refractivity contribution >= 4 is 6.41 Å². The van der Waals surface area contributed by atoms with Crippen molar-refractivity contribution in [3.63, 3.8) is 0 Å². The van der Waals surface area contributed by atoms with Gasteiger partial charge in [-0.2, -0.15) is 5.26 Å². The summed E-state index contributed by atoms with van der Waals surface area (Å²) in [6.45, 7) is 0. The van der Waals surface area contributed by atoms with Crippen molar-refractivity contribution in [2.75, 3.05) is 7.11 Å². The second-order valence-electron chi connectivity index (χ2n) is 3.02. The number of amides is 1. The molecule has 78 valence electrons. The van der Waals surface area contributed by atoms with Crippen LogP contribution in [-0.4, -0.2) is 19.6 Å². The lowest BCUT2D eigenvalue weighted by atomic mass is 10.1. The number of nitrogens with zero attached hydrogens (tertiary/aromatic N) is 1. The molecule has 0 aliphatic rings. The Labute approximate surface area is 88.5 Å². The molecular weight excluding hydrogens is 192 g/mol. The molecule has 0 saturated heterocycles. The Balaban J connectivity index is 2.70. The van der Waals surface area contributed by atoms with Crippen LogP contribution in [0.25, 0.3) is 0 Å². The minimum atomic E-state index is -0.491. The lowest BCUT2D eigenvalue weighted by molar-refractivity contribution is -0.109. The number of hydrogen-bond donors (Lipinski definition) is 1. The second kappa shape index (κ2) is 5.66. The van der Waals surface area contributed by atoms with E-state index in [9.17, 15) is 4.79 Å². The summed E-state index contributed by atoms with van der Waals surface area (Å²) in [7, 11) is 1.59. The van der Waals surface area contributed by atoms with Gasteiger partial charge in [0.2, 0.25) is 6.41 Å². The van der Waals surface area contributed by atoms with E-state index in [0.717, 1.165) is 11.3 Å². The number of hydrogen-bond acceptors (Lipinski definition) is 3. The molecule has 1 N–H and O–H groups in total. The van der Waals surface area contributed by atoms with Gasteiger partial charge in [0, 0.05) is 6.42 Å². The number of methoxy groups -OCH3 is 1. The molecule has 0 heterocycles. The highest BCUT2D eigenvalue weighted by molar-refractivity contribution is 5.48. The first-order chi connectivity index (χ1) is 7.30. The average molecular weight is 204 g/mol. The minimum absolute atomic E-state index is 0.479. The van der Waals surface area contributed by atoms with E-state index in [4.69, 9.17) is 10.00 Å². The van der Waals surface area contributed by atoms with E-state index in [2.05, 4.69) is 5.32 Å². The molecule has 0 radical (unpaired) electrons. The quantitative estimate of drug-likeness (QED) is 0.724. The van der Waals surface area contributed by atoms with Crippen LogP contribution in [0, 0.1) is 11.3 Å². The van der Waals surface area contributed by atoms with Gasteiger partial charge in [-0.05, 0) is 17.7 Å². The summed E-state index contributed by atoms with van der Waals surface area (Å²) in [6, 6.07) is 8.93. The van der Waals surface area contributed by atoms with Crippen molar-refractivity contribution in [1.82, 2.24) is 5.32 Å². The maximum absolute atomic E-state index is 10.2. The summed E-state index contributed by atoms with van der Waals surface area (Å²) in [6.07, 6.45) is 1.01. The normalized spacial score (nSPS) is 11.2. The number of ether oxygens (including phenoxy) is 1. The molecule has 0 saturated carbocycles. The maximum atomic E-state index is 10.2. The molecule has 0 bridgehead atoms. The molecular formula is C11H12N2O2. The van der Waals surface area contributed by atoms with Gasteiger partial charge in [-0.3, -0.25) is 4.79 Å². The third-order valence-electron chi connectivity index (χ3n) is 2.00. The maximum Gasteiger partial charge on any atom is 0.208 e. The van der Waals surface area contributed by atoms with Crippen molar-refractivity contribution in [3.05, 3.63) is 29.8 Å². The summed E-state index contributed by atoms with van der Waals surface area (Å²) in [4.78, 5) is 10.2. The van der Waals surface area contributed by atoms with E-state index in [-0.39, 0.29) is 0 Å². The first-order valence-electron chi connectivity index (χ1n) is 4.52. The van der Waals surface area contributed by atoms with Crippen molar-refractivity contribution in [1.29, 1.82) is 5.26 Å². The van der Waals surface area contributed by atoms with E-state index in [1.54, 1.807) is 7.11 Å². The van der Waals surface area contributed by atoms with Gasteiger partial charge in [-0.1, -0.05) is 12.1 Å². The van der Waals surface area contributed by atoms with Crippen LogP contribution in [0.1, 0.15) is 5.56 Å². The molecule has 0 fully saturated rings. The van der Waals surface area contributed by atoms with Gasteiger partial charge < -0.3 is 10.1 Å². The van der Waals surface area contributed by atoms with Gasteiger partial charge >= 0.3 is 0 Å². The number of rotatable bonds is 5. The van der Waals surface area contributed by atoms with Crippen molar-refractivity contribution in [2.45, 2.75) is 12.5 Å². The van der Waals surface area contributed by atoms with Crippen molar-refractivity contribution in [2.24, 2.45) is 0 Å². The van der Waals surface area contributed by atoms with Gasteiger partial charge in [0.15, 0.2) is 0 Å². The fourth-order valence-electron chi connectivity index (χ4n) is 1.26. The average Bonchev–Trinajstić information content (AvgIpc) is 2.29. The predicted octanol–water partition coefficient (Wildman–Crippen LogP) is 0.876. The Morgan fingerprint density at radius 1 is 1.67 bits per heavy atom. The number of carbonyl (C=O) groups is 1. The zero-order chi connectivity index (χ0) is 11.1. The highest BCUT2D eigenvalue weighted by Crippen LogP contribution is 2.13. The van der Waals surface area contributed by atoms with Crippen molar-refractivity contribution < 1.29 is 9.53 Å². The molecule has 1 atom stereocenters. The fraction of sp³-hybridized carbons (Fsp3) is 0.273.